The highest BCUT2D eigenvalue weighted by Gasteiger charge is 2.45. The first-order valence-electron chi connectivity index (χ1n) is 7.32. The van der Waals surface area contributed by atoms with Gasteiger partial charge in [0.1, 0.15) is 5.82 Å². The minimum Gasteiger partial charge on any atom is -0.370 e. The van der Waals surface area contributed by atoms with Crippen LogP contribution in [-0.4, -0.2) is 19.0 Å². The number of benzene rings is 1. The van der Waals surface area contributed by atoms with E-state index in [1.54, 1.807) is 6.07 Å². The van der Waals surface area contributed by atoms with E-state index in [1.807, 2.05) is 12.1 Å². The maximum atomic E-state index is 13.8. The highest BCUT2D eigenvalue weighted by Crippen LogP contribution is 2.49. The molecule has 0 bridgehead atoms. The molecule has 1 aliphatic rings. The first kappa shape index (κ1) is 18.2. The zero-order chi connectivity index (χ0) is 14.6. The van der Waals surface area contributed by atoms with Crippen molar-refractivity contribution in [2.24, 2.45) is 16.6 Å². The van der Waals surface area contributed by atoms with Crippen molar-refractivity contribution in [2.45, 2.75) is 38.5 Å². The molecule has 1 fully saturated rings. The summed E-state index contributed by atoms with van der Waals surface area (Å²) in [5, 5.41) is 3.11. The number of hydrogen-bond donors (Lipinski definition) is 2. The Morgan fingerprint density at radius 2 is 2.05 bits per heavy atom. The number of aliphatic imine (C=N–C) groups is 1. The lowest BCUT2D eigenvalue weighted by atomic mass is 9.95. The number of hydrogen-bond acceptors (Lipinski definition) is 1. The molecule has 0 radical (unpaired) electrons. The molecule has 1 aliphatic carbocycles. The lowest BCUT2D eigenvalue weighted by Gasteiger charge is -2.15. The summed E-state index contributed by atoms with van der Waals surface area (Å²) in [5.41, 5.74) is 6.50. The summed E-state index contributed by atoms with van der Waals surface area (Å²) in [6, 6.07) is 6.98. The molecule has 0 spiro atoms. The van der Waals surface area contributed by atoms with Crippen LogP contribution in [0.1, 0.15) is 38.7 Å². The second-order valence-corrected chi connectivity index (χ2v) is 6.07. The summed E-state index contributed by atoms with van der Waals surface area (Å²) < 4.78 is 13.8. The molecule has 0 amide bonds. The Kier molecular flexibility index (Phi) is 6.90. The van der Waals surface area contributed by atoms with Gasteiger partial charge in [0.05, 0.1) is 6.54 Å². The van der Waals surface area contributed by atoms with Crippen LogP contribution >= 0.6 is 24.0 Å². The van der Waals surface area contributed by atoms with Gasteiger partial charge in [0, 0.05) is 12.0 Å². The van der Waals surface area contributed by atoms with Gasteiger partial charge in [-0.05, 0) is 36.8 Å². The third-order valence-corrected chi connectivity index (χ3v) is 3.88. The van der Waals surface area contributed by atoms with Gasteiger partial charge >= 0.3 is 0 Å². The van der Waals surface area contributed by atoms with E-state index in [0.717, 1.165) is 31.4 Å². The van der Waals surface area contributed by atoms with E-state index >= 15 is 0 Å². The fourth-order valence-electron chi connectivity index (χ4n) is 2.34. The summed E-state index contributed by atoms with van der Waals surface area (Å²) in [4.78, 5) is 4.39. The third kappa shape index (κ3) is 5.13. The molecule has 1 aromatic carbocycles. The number of halogens is 2. The van der Waals surface area contributed by atoms with Gasteiger partial charge in [-0.25, -0.2) is 4.39 Å². The molecule has 21 heavy (non-hydrogen) atoms. The van der Waals surface area contributed by atoms with Crippen molar-refractivity contribution in [1.82, 2.24) is 5.32 Å². The van der Waals surface area contributed by atoms with Gasteiger partial charge in [0.2, 0.25) is 0 Å². The molecule has 1 saturated carbocycles. The van der Waals surface area contributed by atoms with E-state index in [4.69, 9.17) is 5.73 Å². The molecule has 3 nitrogen and oxygen atoms in total. The third-order valence-electron chi connectivity index (χ3n) is 3.88. The summed E-state index contributed by atoms with van der Waals surface area (Å²) in [5.74, 6) is 0.975. The Hall–Kier alpha value is -0.850. The van der Waals surface area contributed by atoms with E-state index < -0.39 is 0 Å². The van der Waals surface area contributed by atoms with Crippen LogP contribution in [0.2, 0.25) is 0 Å². The van der Waals surface area contributed by atoms with Crippen LogP contribution in [0.25, 0.3) is 0 Å². The molecule has 0 unspecified atom stereocenters. The quantitative estimate of drug-likeness (QED) is 0.433. The summed E-state index contributed by atoms with van der Waals surface area (Å²) >= 11 is 0. The molecular weight excluding hydrogens is 380 g/mol. The number of nitrogens with zero attached hydrogens (tertiary/aromatic N) is 1. The Balaban J connectivity index is 0.00000220. The molecule has 5 heteroatoms. The largest absolute Gasteiger partial charge is 0.370 e. The van der Waals surface area contributed by atoms with Gasteiger partial charge in [0.25, 0.3) is 0 Å². The maximum absolute atomic E-state index is 13.8. The highest BCUT2D eigenvalue weighted by molar-refractivity contribution is 14.0. The lowest BCUT2D eigenvalue weighted by molar-refractivity contribution is 0.568. The zero-order valence-corrected chi connectivity index (χ0v) is 15.1. The standard InChI is InChI=1S/C16H24FN3.HI/c1-12(2)7-10-19-15(18)20-11-16(8-9-16)13-5-3-4-6-14(13)17;/h3-6,12H,7-11H2,1-2H3,(H3,18,19,20);1H. The molecule has 0 aliphatic heterocycles. The molecule has 3 N–H and O–H groups in total. The van der Waals surface area contributed by atoms with Crippen molar-refractivity contribution >= 4 is 29.9 Å². The Morgan fingerprint density at radius 1 is 1.38 bits per heavy atom. The number of rotatable bonds is 6. The fraction of sp³-hybridized carbons (Fsp3) is 0.562. The van der Waals surface area contributed by atoms with Crippen molar-refractivity contribution in [3.05, 3.63) is 35.6 Å². The van der Waals surface area contributed by atoms with Crippen LogP contribution in [-0.2, 0) is 5.41 Å². The lowest BCUT2D eigenvalue weighted by Crippen LogP contribution is -2.34. The molecule has 0 atom stereocenters. The molecule has 2 rings (SSSR count). The van der Waals surface area contributed by atoms with E-state index in [-0.39, 0.29) is 35.2 Å². The molecule has 0 saturated heterocycles. The maximum Gasteiger partial charge on any atom is 0.188 e. The highest BCUT2D eigenvalue weighted by atomic mass is 127. The van der Waals surface area contributed by atoms with Gasteiger partial charge in [-0.1, -0.05) is 32.0 Å². The minimum atomic E-state index is -0.133. The first-order valence-corrected chi connectivity index (χ1v) is 7.32. The van der Waals surface area contributed by atoms with Crippen LogP contribution in [0.3, 0.4) is 0 Å². The molecule has 1 aromatic rings. The molecular formula is C16H25FIN3. The molecule has 0 aromatic heterocycles. The van der Waals surface area contributed by atoms with Gasteiger partial charge in [0.15, 0.2) is 5.96 Å². The topological polar surface area (TPSA) is 50.4 Å². The SMILES string of the molecule is CC(C)CCNC(N)=NCC1(c2ccccc2F)CC1.I. The van der Waals surface area contributed by atoms with Crippen LogP contribution in [0.15, 0.2) is 29.3 Å². The summed E-state index contributed by atoms with van der Waals surface area (Å²) in [7, 11) is 0. The van der Waals surface area contributed by atoms with Crippen LogP contribution in [0.5, 0.6) is 0 Å². The zero-order valence-electron chi connectivity index (χ0n) is 12.7. The average molecular weight is 405 g/mol. The predicted molar refractivity (Wildman–Crippen MR) is 96.7 cm³/mol. The Morgan fingerprint density at radius 3 is 2.62 bits per heavy atom. The van der Waals surface area contributed by atoms with Crippen LogP contribution in [0.4, 0.5) is 4.39 Å². The van der Waals surface area contributed by atoms with Crippen LogP contribution in [0, 0.1) is 11.7 Å². The van der Waals surface area contributed by atoms with E-state index in [0.29, 0.717) is 18.4 Å². The average Bonchev–Trinajstić information content (AvgIpc) is 3.17. The second-order valence-electron chi connectivity index (χ2n) is 6.07. The first-order chi connectivity index (χ1) is 9.53. The minimum absolute atomic E-state index is 0. The van der Waals surface area contributed by atoms with Gasteiger partial charge in [-0.3, -0.25) is 4.99 Å². The van der Waals surface area contributed by atoms with Crippen molar-refractivity contribution in [3.8, 4) is 0 Å². The summed E-state index contributed by atoms with van der Waals surface area (Å²) in [6.45, 7) is 5.74. The van der Waals surface area contributed by atoms with Gasteiger partial charge in [-0.2, -0.15) is 0 Å². The summed E-state index contributed by atoms with van der Waals surface area (Å²) in [6.07, 6.45) is 3.03. The van der Waals surface area contributed by atoms with E-state index in [2.05, 4.69) is 24.2 Å². The second kappa shape index (κ2) is 7.96. The monoisotopic (exact) mass is 405 g/mol. The molecule has 118 valence electrons. The van der Waals surface area contributed by atoms with Gasteiger partial charge in [-0.15, -0.1) is 24.0 Å². The smallest absolute Gasteiger partial charge is 0.188 e. The Labute approximate surface area is 143 Å². The predicted octanol–water partition coefficient (Wildman–Crippen LogP) is 3.43. The fourth-order valence-corrected chi connectivity index (χ4v) is 2.34. The van der Waals surface area contributed by atoms with Crippen molar-refractivity contribution in [3.63, 3.8) is 0 Å². The van der Waals surface area contributed by atoms with Crippen molar-refractivity contribution < 1.29 is 4.39 Å². The van der Waals surface area contributed by atoms with Crippen molar-refractivity contribution in [2.75, 3.05) is 13.1 Å². The van der Waals surface area contributed by atoms with Gasteiger partial charge < -0.3 is 11.1 Å². The normalized spacial score (nSPS) is 16.5. The molecule has 0 heterocycles. The Bertz CT molecular complexity index is 484. The van der Waals surface area contributed by atoms with Crippen LogP contribution < -0.4 is 11.1 Å². The number of nitrogens with one attached hydrogen (secondary N) is 1. The number of nitrogens with two attached hydrogens (primary N) is 1. The van der Waals surface area contributed by atoms with E-state index in [9.17, 15) is 4.39 Å². The van der Waals surface area contributed by atoms with E-state index in [1.165, 1.54) is 6.07 Å². The van der Waals surface area contributed by atoms with Crippen molar-refractivity contribution in [1.29, 1.82) is 0 Å². The number of guanidine groups is 1.